The topological polar surface area (TPSA) is 120 Å². The second-order valence-electron chi connectivity index (χ2n) is 7.93. The van der Waals surface area contributed by atoms with Crippen molar-refractivity contribution in [3.63, 3.8) is 0 Å². The molecule has 0 aliphatic heterocycles. The molecule has 1 heterocycles. The van der Waals surface area contributed by atoms with Gasteiger partial charge >= 0.3 is 0 Å². The molecule has 1 atom stereocenters. The highest BCUT2D eigenvalue weighted by Crippen LogP contribution is 2.40. The Morgan fingerprint density at radius 3 is 2.77 bits per heavy atom. The molecule has 0 bridgehead atoms. The summed E-state index contributed by atoms with van der Waals surface area (Å²) >= 11 is 1.58. The minimum atomic E-state index is -3.77. The van der Waals surface area contributed by atoms with E-state index in [9.17, 15) is 8.42 Å². The number of thiazole rings is 1. The second-order valence-corrected chi connectivity index (χ2v) is 10.3. The van der Waals surface area contributed by atoms with Crippen molar-refractivity contribution in [2.75, 3.05) is 5.73 Å². The third kappa shape index (κ3) is 4.90. The van der Waals surface area contributed by atoms with Gasteiger partial charge in [0, 0.05) is 17.8 Å². The summed E-state index contributed by atoms with van der Waals surface area (Å²) in [7, 11) is -3.77. The number of nitrogens with two attached hydrogens (primary N) is 2. The smallest absolute Gasteiger partial charge is 0.274 e. The lowest BCUT2D eigenvalue weighted by atomic mass is 9.85. The van der Waals surface area contributed by atoms with Crippen LogP contribution in [0.5, 0.6) is 5.75 Å². The number of ether oxygens (including phenoxy) is 1. The molecule has 31 heavy (non-hydrogen) atoms. The molecule has 3 aromatic rings. The fourth-order valence-electron chi connectivity index (χ4n) is 3.98. The summed E-state index contributed by atoms with van der Waals surface area (Å²) in [6.07, 6.45) is 4.41. The molecule has 4 rings (SSSR count). The molecule has 9 heteroatoms. The van der Waals surface area contributed by atoms with Crippen LogP contribution in [0.2, 0.25) is 0 Å². The van der Waals surface area contributed by atoms with Crippen molar-refractivity contribution in [1.29, 1.82) is 0 Å². The summed E-state index contributed by atoms with van der Waals surface area (Å²) in [6.45, 7) is 3.92. The first-order valence-corrected chi connectivity index (χ1v) is 12.5. The molecule has 0 amide bonds. The van der Waals surface area contributed by atoms with E-state index >= 15 is 0 Å². The van der Waals surface area contributed by atoms with Gasteiger partial charge in [-0.25, -0.2) is 10.1 Å². The van der Waals surface area contributed by atoms with E-state index in [1.165, 1.54) is 0 Å². The molecule has 2 aromatic carbocycles. The number of hydrogen-bond acceptors (Lipinski definition) is 6. The third-order valence-corrected chi connectivity index (χ3v) is 6.90. The molecule has 5 N–H and O–H groups in total. The predicted octanol–water partition coefficient (Wildman–Crippen LogP) is 4.02. The Morgan fingerprint density at radius 2 is 2.06 bits per heavy atom. The van der Waals surface area contributed by atoms with Crippen LogP contribution in [0, 0.1) is 0 Å². The van der Waals surface area contributed by atoms with E-state index in [1.54, 1.807) is 11.3 Å². The van der Waals surface area contributed by atoms with Gasteiger partial charge in [0.25, 0.3) is 10.2 Å². The van der Waals surface area contributed by atoms with Gasteiger partial charge in [0.1, 0.15) is 10.8 Å². The van der Waals surface area contributed by atoms with Gasteiger partial charge in [0.05, 0.1) is 16.7 Å². The Labute approximate surface area is 186 Å². The number of rotatable bonds is 6. The van der Waals surface area contributed by atoms with Crippen LogP contribution in [0.3, 0.4) is 0 Å². The van der Waals surface area contributed by atoms with Gasteiger partial charge < -0.3 is 10.5 Å². The maximum Gasteiger partial charge on any atom is 0.274 e. The molecule has 1 aliphatic carbocycles. The van der Waals surface area contributed by atoms with E-state index in [-0.39, 0.29) is 12.1 Å². The normalized spacial score (nSPS) is 16.3. The van der Waals surface area contributed by atoms with Gasteiger partial charge in [-0.05, 0) is 68.0 Å². The molecule has 0 spiro atoms. The van der Waals surface area contributed by atoms with Crippen molar-refractivity contribution >= 4 is 27.2 Å². The quantitative estimate of drug-likeness (QED) is 0.482. The molecule has 0 saturated carbocycles. The molecule has 7 nitrogen and oxygen atoms in total. The van der Waals surface area contributed by atoms with Crippen LogP contribution in [0.15, 0.2) is 42.6 Å². The third-order valence-electron chi connectivity index (χ3n) is 5.20. The summed E-state index contributed by atoms with van der Waals surface area (Å²) in [4.78, 5) is 5.64. The van der Waals surface area contributed by atoms with Crippen LogP contribution in [0.25, 0.3) is 21.0 Å². The SMILES string of the molecule is CC(C)Oc1ccc(-c2ncc(-c3cccc4c3CCCC4NS(N)(=O)=O)s2)cc1N. The van der Waals surface area contributed by atoms with E-state index in [0.29, 0.717) is 11.4 Å². The van der Waals surface area contributed by atoms with Crippen LogP contribution < -0.4 is 20.3 Å². The fraction of sp³-hybridized carbons (Fsp3) is 0.318. The first-order chi connectivity index (χ1) is 14.7. The molecule has 1 aromatic heterocycles. The number of benzene rings is 2. The summed E-state index contributed by atoms with van der Waals surface area (Å²) in [5.74, 6) is 0.668. The van der Waals surface area contributed by atoms with Crippen molar-refractivity contribution in [3.05, 3.63) is 53.7 Å². The van der Waals surface area contributed by atoms with E-state index in [2.05, 4.69) is 15.8 Å². The van der Waals surface area contributed by atoms with E-state index in [1.807, 2.05) is 50.4 Å². The van der Waals surface area contributed by atoms with Gasteiger partial charge in [-0.1, -0.05) is 18.2 Å². The molecule has 0 fully saturated rings. The Bertz CT molecular complexity index is 1210. The van der Waals surface area contributed by atoms with Crippen molar-refractivity contribution in [2.24, 2.45) is 5.14 Å². The lowest BCUT2D eigenvalue weighted by Gasteiger charge is -2.27. The molecule has 1 unspecified atom stereocenters. The number of nitrogens with one attached hydrogen (secondary N) is 1. The average molecular weight is 459 g/mol. The van der Waals surface area contributed by atoms with Crippen LogP contribution in [0.1, 0.15) is 43.9 Å². The Balaban J connectivity index is 1.66. The number of anilines is 1. The van der Waals surface area contributed by atoms with Gasteiger partial charge in [-0.2, -0.15) is 13.1 Å². The summed E-state index contributed by atoms with van der Waals surface area (Å²) < 4.78 is 31.4. The van der Waals surface area contributed by atoms with Crippen molar-refractivity contribution in [2.45, 2.75) is 45.3 Å². The number of aromatic nitrogens is 1. The van der Waals surface area contributed by atoms with E-state index in [4.69, 9.17) is 15.6 Å². The van der Waals surface area contributed by atoms with Crippen LogP contribution in [-0.2, 0) is 16.6 Å². The zero-order valence-corrected chi connectivity index (χ0v) is 19.1. The Kier molecular flexibility index (Phi) is 6.02. The highest BCUT2D eigenvalue weighted by atomic mass is 32.2. The summed E-state index contributed by atoms with van der Waals surface area (Å²) in [5.41, 5.74) is 10.9. The first-order valence-electron chi connectivity index (χ1n) is 10.2. The predicted molar refractivity (Wildman–Crippen MR) is 125 cm³/mol. The zero-order chi connectivity index (χ0) is 22.2. The minimum Gasteiger partial charge on any atom is -0.489 e. The monoisotopic (exact) mass is 458 g/mol. The molecule has 0 saturated heterocycles. The van der Waals surface area contributed by atoms with Crippen molar-refractivity contribution in [3.8, 4) is 26.8 Å². The lowest BCUT2D eigenvalue weighted by molar-refractivity contribution is 0.244. The van der Waals surface area contributed by atoms with Gasteiger partial charge in [-0.15, -0.1) is 11.3 Å². The van der Waals surface area contributed by atoms with E-state index < -0.39 is 10.2 Å². The Hall–Kier alpha value is -2.46. The van der Waals surface area contributed by atoms with Gasteiger partial charge in [0.2, 0.25) is 0 Å². The number of nitrogen functional groups attached to an aromatic ring is 1. The minimum absolute atomic E-state index is 0.0523. The second kappa shape index (κ2) is 8.58. The Morgan fingerprint density at radius 1 is 1.26 bits per heavy atom. The largest absolute Gasteiger partial charge is 0.489 e. The zero-order valence-electron chi connectivity index (χ0n) is 17.5. The number of hydrogen-bond donors (Lipinski definition) is 3. The van der Waals surface area contributed by atoms with E-state index in [0.717, 1.165) is 51.4 Å². The highest BCUT2D eigenvalue weighted by Gasteiger charge is 2.25. The summed E-state index contributed by atoms with van der Waals surface area (Å²) in [5, 5.41) is 6.09. The maximum absolute atomic E-state index is 11.6. The molecular formula is C22H26N4O3S2. The average Bonchev–Trinajstić information content (AvgIpc) is 3.18. The fourth-order valence-corrected chi connectivity index (χ4v) is 5.58. The summed E-state index contributed by atoms with van der Waals surface area (Å²) in [6, 6.07) is 11.4. The van der Waals surface area contributed by atoms with Crippen molar-refractivity contribution in [1.82, 2.24) is 9.71 Å². The number of fused-ring (bicyclic) bond motifs is 1. The maximum atomic E-state index is 11.6. The molecule has 164 valence electrons. The van der Waals surface area contributed by atoms with Crippen LogP contribution in [-0.4, -0.2) is 19.5 Å². The van der Waals surface area contributed by atoms with Crippen molar-refractivity contribution < 1.29 is 13.2 Å². The van der Waals surface area contributed by atoms with Gasteiger partial charge in [-0.3, -0.25) is 0 Å². The standard InChI is InChI=1S/C22H26N4O3S2/c1-13(2)29-20-10-9-14(11-18(20)23)22-25-12-21(30-22)17-7-3-6-16-15(17)5-4-8-19(16)26-31(24,27)28/h3,6-7,9-13,19,26H,4-5,8,23H2,1-2H3,(H2,24,27,28). The number of nitrogens with zero attached hydrogens (tertiary/aromatic N) is 1. The van der Waals surface area contributed by atoms with Gasteiger partial charge in [0.15, 0.2) is 0 Å². The highest BCUT2D eigenvalue weighted by molar-refractivity contribution is 7.87. The molecular weight excluding hydrogens is 432 g/mol. The van der Waals surface area contributed by atoms with Crippen LogP contribution in [0.4, 0.5) is 5.69 Å². The molecule has 1 aliphatic rings. The molecule has 0 radical (unpaired) electrons. The lowest BCUT2D eigenvalue weighted by Crippen LogP contribution is -2.35. The first kappa shape index (κ1) is 21.8. The van der Waals surface area contributed by atoms with Crippen LogP contribution >= 0.6 is 11.3 Å².